The maximum Gasteiger partial charge on any atom is 0.133 e. The molecule has 0 amide bonds. The van der Waals surface area contributed by atoms with E-state index in [2.05, 4.69) is 28.7 Å². The van der Waals surface area contributed by atoms with Crippen molar-refractivity contribution < 1.29 is 14.2 Å². The first-order valence-corrected chi connectivity index (χ1v) is 7.48. The Hall–Kier alpha value is -0.330. The van der Waals surface area contributed by atoms with Crippen LogP contribution < -0.4 is 4.74 Å². The van der Waals surface area contributed by atoms with E-state index in [1.165, 1.54) is 3.57 Å². The lowest BCUT2D eigenvalue weighted by Gasteiger charge is -2.37. The Balaban J connectivity index is 1.68. The van der Waals surface area contributed by atoms with Gasteiger partial charge in [0.25, 0.3) is 0 Å². The van der Waals surface area contributed by atoms with E-state index in [1.54, 1.807) is 0 Å². The minimum Gasteiger partial charge on any atom is -0.489 e. The second-order valence-corrected chi connectivity index (χ2v) is 6.16. The molecule has 0 bridgehead atoms. The van der Waals surface area contributed by atoms with Crippen LogP contribution in [0.1, 0.15) is 19.3 Å². The molecule has 0 aromatic heterocycles. The Morgan fingerprint density at radius 2 is 2.17 bits per heavy atom. The predicted molar refractivity (Wildman–Crippen MR) is 76.9 cm³/mol. The van der Waals surface area contributed by atoms with E-state index in [9.17, 15) is 0 Å². The third kappa shape index (κ3) is 2.65. The molecule has 1 spiro atoms. The van der Waals surface area contributed by atoms with Gasteiger partial charge >= 0.3 is 0 Å². The molecule has 3 nitrogen and oxygen atoms in total. The standard InChI is InChI=1S/C14H17IO3/c15-12-3-1-2-4-13(12)18-11-5-7-17-14(9-11)6-8-16-10-14/h1-4,11H,5-10H2. The lowest BCUT2D eigenvalue weighted by atomic mass is 9.91. The zero-order valence-corrected chi connectivity index (χ0v) is 12.4. The molecule has 1 aromatic carbocycles. The summed E-state index contributed by atoms with van der Waals surface area (Å²) < 4.78 is 18.7. The molecule has 2 aliphatic heterocycles. The van der Waals surface area contributed by atoms with Crippen LogP contribution in [0, 0.1) is 3.57 Å². The van der Waals surface area contributed by atoms with Crippen LogP contribution >= 0.6 is 22.6 Å². The van der Waals surface area contributed by atoms with Gasteiger partial charge in [-0.05, 0) is 34.7 Å². The summed E-state index contributed by atoms with van der Waals surface area (Å²) in [6, 6.07) is 8.16. The van der Waals surface area contributed by atoms with Crippen molar-refractivity contribution >= 4 is 22.6 Å². The maximum atomic E-state index is 6.13. The van der Waals surface area contributed by atoms with E-state index >= 15 is 0 Å². The van der Waals surface area contributed by atoms with Crippen LogP contribution in [0.4, 0.5) is 0 Å². The highest BCUT2D eigenvalue weighted by Gasteiger charge is 2.41. The van der Waals surface area contributed by atoms with Crippen molar-refractivity contribution in [1.82, 2.24) is 0 Å². The largest absolute Gasteiger partial charge is 0.489 e. The SMILES string of the molecule is Ic1ccccc1OC1CCOC2(CCOC2)C1. The van der Waals surface area contributed by atoms with E-state index in [-0.39, 0.29) is 11.7 Å². The van der Waals surface area contributed by atoms with Gasteiger partial charge in [-0.25, -0.2) is 0 Å². The molecule has 3 rings (SSSR count). The Labute approximate surface area is 121 Å². The van der Waals surface area contributed by atoms with Gasteiger partial charge in [-0.15, -0.1) is 0 Å². The first kappa shape index (κ1) is 12.7. The zero-order valence-electron chi connectivity index (χ0n) is 10.2. The summed E-state index contributed by atoms with van der Waals surface area (Å²) >= 11 is 2.32. The van der Waals surface area contributed by atoms with Gasteiger partial charge in [-0.3, -0.25) is 0 Å². The minimum absolute atomic E-state index is 0.0802. The average Bonchev–Trinajstić information content (AvgIpc) is 2.80. The second kappa shape index (κ2) is 5.35. The Morgan fingerprint density at radius 3 is 2.94 bits per heavy atom. The molecule has 98 valence electrons. The first-order chi connectivity index (χ1) is 8.77. The van der Waals surface area contributed by atoms with Gasteiger partial charge in [0.05, 0.1) is 22.4 Å². The van der Waals surface area contributed by atoms with Crippen LogP contribution in [-0.2, 0) is 9.47 Å². The van der Waals surface area contributed by atoms with Crippen LogP contribution in [0.3, 0.4) is 0 Å². The van der Waals surface area contributed by atoms with Crippen LogP contribution in [0.25, 0.3) is 0 Å². The molecule has 2 saturated heterocycles. The molecule has 4 heteroatoms. The number of hydrogen-bond donors (Lipinski definition) is 0. The molecule has 2 atom stereocenters. The molecule has 0 N–H and O–H groups in total. The summed E-state index contributed by atoms with van der Waals surface area (Å²) in [5.74, 6) is 0.985. The molecule has 0 saturated carbocycles. The highest BCUT2D eigenvalue weighted by molar-refractivity contribution is 14.1. The molecule has 1 aromatic rings. The quantitative estimate of drug-likeness (QED) is 0.759. The van der Waals surface area contributed by atoms with Gasteiger partial charge in [0.1, 0.15) is 11.9 Å². The summed E-state index contributed by atoms with van der Waals surface area (Å²) in [5, 5.41) is 0. The zero-order chi connectivity index (χ0) is 12.4. The number of hydrogen-bond acceptors (Lipinski definition) is 3. The predicted octanol–water partition coefficient (Wildman–Crippen LogP) is 3.01. The summed E-state index contributed by atoms with van der Waals surface area (Å²) in [6.07, 6.45) is 3.15. The van der Waals surface area contributed by atoms with Crippen molar-refractivity contribution in [2.45, 2.75) is 31.0 Å². The molecule has 0 radical (unpaired) electrons. The van der Waals surface area contributed by atoms with Crippen molar-refractivity contribution in [2.75, 3.05) is 19.8 Å². The van der Waals surface area contributed by atoms with Gasteiger partial charge in [-0.2, -0.15) is 0 Å². The van der Waals surface area contributed by atoms with E-state index in [0.717, 1.165) is 44.8 Å². The normalized spacial score (nSPS) is 31.7. The van der Waals surface area contributed by atoms with E-state index in [0.29, 0.717) is 0 Å². The molecular weight excluding hydrogens is 343 g/mol. The Kier molecular flexibility index (Phi) is 3.77. The molecule has 2 fully saturated rings. The van der Waals surface area contributed by atoms with Crippen LogP contribution in [0.15, 0.2) is 24.3 Å². The molecule has 2 aliphatic rings. The third-order valence-electron chi connectivity index (χ3n) is 3.65. The van der Waals surface area contributed by atoms with E-state index in [4.69, 9.17) is 14.2 Å². The van der Waals surface area contributed by atoms with Crippen LogP contribution in [-0.4, -0.2) is 31.5 Å². The summed E-state index contributed by atoms with van der Waals surface area (Å²) in [6.45, 7) is 2.31. The minimum atomic E-state index is -0.0802. The van der Waals surface area contributed by atoms with Gasteiger partial charge in [0, 0.05) is 25.9 Å². The molecule has 2 heterocycles. The van der Waals surface area contributed by atoms with Gasteiger partial charge in [0.2, 0.25) is 0 Å². The number of benzene rings is 1. The fourth-order valence-corrected chi connectivity index (χ4v) is 3.18. The summed E-state index contributed by atoms with van der Waals surface area (Å²) in [4.78, 5) is 0. The highest BCUT2D eigenvalue weighted by atomic mass is 127. The summed E-state index contributed by atoms with van der Waals surface area (Å²) in [5.41, 5.74) is -0.0802. The number of rotatable bonds is 2. The van der Waals surface area contributed by atoms with Gasteiger partial charge < -0.3 is 14.2 Å². The Bertz CT molecular complexity index is 415. The van der Waals surface area contributed by atoms with Crippen molar-refractivity contribution in [2.24, 2.45) is 0 Å². The summed E-state index contributed by atoms with van der Waals surface area (Å²) in [7, 11) is 0. The van der Waals surface area contributed by atoms with Crippen LogP contribution in [0.2, 0.25) is 0 Å². The van der Waals surface area contributed by atoms with Crippen molar-refractivity contribution in [3.05, 3.63) is 27.8 Å². The number of para-hydroxylation sites is 1. The molecular formula is C14H17IO3. The van der Waals surface area contributed by atoms with Crippen molar-refractivity contribution in [1.29, 1.82) is 0 Å². The fraction of sp³-hybridized carbons (Fsp3) is 0.571. The maximum absolute atomic E-state index is 6.13. The Morgan fingerprint density at radius 1 is 1.28 bits per heavy atom. The average molecular weight is 360 g/mol. The molecule has 2 unspecified atom stereocenters. The fourth-order valence-electron chi connectivity index (χ4n) is 2.67. The highest BCUT2D eigenvalue weighted by Crippen LogP contribution is 2.35. The number of halogens is 1. The third-order valence-corrected chi connectivity index (χ3v) is 4.54. The van der Waals surface area contributed by atoms with E-state index in [1.807, 2.05) is 18.2 Å². The van der Waals surface area contributed by atoms with Crippen molar-refractivity contribution in [3.8, 4) is 5.75 Å². The topological polar surface area (TPSA) is 27.7 Å². The van der Waals surface area contributed by atoms with Gasteiger partial charge in [0.15, 0.2) is 0 Å². The van der Waals surface area contributed by atoms with Gasteiger partial charge in [-0.1, -0.05) is 12.1 Å². The smallest absolute Gasteiger partial charge is 0.133 e. The lowest BCUT2D eigenvalue weighted by Crippen LogP contribution is -2.44. The van der Waals surface area contributed by atoms with E-state index < -0.39 is 0 Å². The monoisotopic (exact) mass is 360 g/mol. The molecule has 0 aliphatic carbocycles. The molecule has 18 heavy (non-hydrogen) atoms. The lowest BCUT2D eigenvalue weighted by molar-refractivity contribution is -0.112. The van der Waals surface area contributed by atoms with Crippen molar-refractivity contribution in [3.63, 3.8) is 0 Å². The first-order valence-electron chi connectivity index (χ1n) is 6.40. The van der Waals surface area contributed by atoms with Crippen LogP contribution in [0.5, 0.6) is 5.75 Å². The number of ether oxygens (including phenoxy) is 3. The second-order valence-electron chi connectivity index (χ2n) is 5.00.